The second kappa shape index (κ2) is 6.33. The predicted molar refractivity (Wildman–Crippen MR) is 89.9 cm³/mol. The molecule has 1 N–H and O–H groups in total. The molecule has 0 aliphatic carbocycles. The number of halogens is 1. The maximum atomic E-state index is 5.94. The average Bonchev–Trinajstić information content (AvgIpc) is 2.91. The van der Waals surface area contributed by atoms with Crippen molar-refractivity contribution >= 4 is 22.5 Å². The number of nitrogens with one attached hydrogen (secondary N) is 1. The van der Waals surface area contributed by atoms with Gasteiger partial charge in [0.2, 0.25) is 0 Å². The Morgan fingerprint density at radius 1 is 1.05 bits per heavy atom. The van der Waals surface area contributed by atoms with Crippen molar-refractivity contribution in [2.24, 2.45) is 0 Å². The van der Waals surface area contributed by atoms with E-state index in [4.69, 9.17) is 11.6 Å². The van der Waals surface area contributed by atoms with Crippen molar-refractivity contribution in [1.82, 2.24) is 9.88 Å². The first kappa shape index (κ1) is 14.2. The minimum absolute atomic E-state index is 0.782. The first-order chi connectivity index (χ1) is 10.3. The number of aromatic nitrogens is 1. The van der Waals surface area contributed by atoms with E-state index in [0.717, 1.165) is 24.7 Å². The Hall–Kier alpha value is -1.77. The molecule has 0 radical (unpaired) electrons. The molecule has 0 atom stereocenters. The van der Waals surface area contributed by atoms with Crippen molar-refractivity contribution in [3.63, 3.8) is 0 Å². The van der Waals surface area contributed by atoms with Gasteiger partial charge in [0.1, 0.15) is 0 Å². The van der Waals surface area contributed by atoms with Crippen molar-refractivity contribution in [3.05, 3.63) is 70.9 Å². The third-order valence-electron chi connectivity index (χ3n) is 3.74. The molecule has 0 spiro atoms. The minimum Gasteiger partial charge on any atom is -0.343 e. The van der Waals surface area contributed by atoms with Crippen LogP contribution < -0.4 is 5.32 Å². The minimum atomic E-state index is 0.782. The van der Waals surface area contributed by atoms with E-state index in [1.807, 2.05) is 12.1 Å². The van der Waals surface area contributed by atoms with Gasteiger partial charge in [-0.15, -0.1) is 0 Å². The molecule has 0 aliphatic heterocycles. The topological polar surface area (TPSA) is 17.0 Å². The second-order valence-electron chi connectivity index (χ2n) is 5.20. The average molecular weight is 299 g/mol. The summed E-state index contributed by atoms with van der Waals surface area (Å²) in [4.78, 5) is 0. The van der Waals surface area contributed by atoms with Gasteiger partial charge in [-0.2, -0.15) is 0 Å². The fourth-order valence-corrected chi connectivity index (χ4v) is 2.75. The van der Waals surface area contributed by atoms with Crippen molar-refractivity contribution < 1.29 is 0 Å². The molecule has 0 amide bonds. The molecule has 0 saturated heterocycles. The molecule has 2 nitrogen and oxygen atoms in total. The summed E-state index contributed by atoms with van der Waals surface area (Å²) in [5, 5.41) is 5.51. The lowest BCUT2D eigenvalue weighted by Gasteiger charge is -2.08. The van der Waals surface area contributed by atoms with Crippen LogP contribution in [-0.4, -0.2) is 11.1 Å². The summed E-state index contributed by atoms with van der Waals surface area (Å²) >= 11 is 5.94. The summed E-state index contributed by atoms with van der Waals surface area (Å²) in [6, 6.07) is 16.8. The monoisotopic (exact) mass is 298 g/mol. The lowest BCUT2D eigenvalue weighted by molar-refractivity contribution is 0.730. The molecule has 0 aliphatic rings. The van der Waals surface area contributed by atoms with E-state index in [1.165, 1.54) is 22.0 Å². The summed E-state index contributed by atoms with van der Waals surface area (Å²) < 4.78 is 2.29. The van der Waals surface area contributed by atoms with Crippen LogP contribution in [-0.2, 0) is 13.1 Å². The van der Waals surface area contributed by atoms with Crippen LogP contribution >= 0.6 is 11.6 Å². The fraction of sp³-hybridized carbons (Fsp3) is 0.222. The lowest BCUT2D eigenvalue weighted by atomic mass is 10.1. The molecule has 108 valence electrons. The zero-order chi connectivity index (χ0) is 14.7. The lowest BCUT2D eigenvalue weighted by Crippen LogP contribution is -2.11. The smallest absolute Gasteiger partial charge is 0.0486 e. The first-order valence-corrected chi connectivity index (χ1v) is 7.67. The number of benzene rings is 2. The van der Waals surface area contributed by atoms with E-state index >= 15 is 0 Å². The molecule has 0 bridgehead atoms. The quantitative estimate of drug-likeness (QED) is 0.736. The molecule has 2 aromatic carbocycles. The second-order valence-corrected chi connectivity index (χ2v) is 5.64. The highest BCUT2D eigenvalue weighted by Crippen LogP contribution is 2.21. The Morgan fingerprint density at radius 3 is 2.62 bits per heavy atom. The number of rotatable bonds is 5. The first-order valence-electron chi connectivity index (χ1n) is 7.30. The van der Waals surface area contributed by atoms with Gasteiger partial charge in [0, 0.05) is 35.2 Å². The third-order valence-corrected chi connectivity index (χ3v) is 3.99. The van der Waals surface area contributed by atoms with E-state index in [1.54, 1.807) is 0 Å². The Balaban J connectivity index is 1.91. The number of nitrogens with zero attached hydrogens (tertiary/aromatic N) is 1. The van der Waals surface area contributed by atoms with Crippen LogP contribution in [0, 0.1) is 0 Å². The van der Waals surface area contributed by atoms with E-state index in [2.05, 4.69) is 59.4 Å². The number of hydrogen-bond donors (Lipinski definition) is 1. The maximum Gasteiger partial charge on any atom is 0.0486 e. The van der Waals surface area contributed by atoms with Gasteiger partial charge in [-0.05, 0) is 41.9 Å². The van der Waals surface area contributed by atoms with Gasteiger partial charge in [-0.1, -0.05) is 42.8 Å². The van der Waals surface area contributed by atoms with Gasteiger partial charge in [-0.3, -0.25) is 0 Å². The van der Waals surface area contributed by atoms with Crippen LogP contribution in [0.25, 0.3) is 10.9 Å². The predicted octanol–water partition coefficient (Wildman–Crippen LogP) is 4.45. The highest BCUT2D eigenvalue weighted by Gasteiger charge is 2.05. The molecule has 0 fully saturated rings. The van der Waals surface area contributed by atoms with Gasteiger partial charge in [0.15, 0.2) is 0 Å². The zero-order valence-electron chi connectivity index (χ0n) is 12.1. The molecule has 21 heavy (non-hydrogen) atoms. The third kappa shape index (κ3) is 3.12. The highest BCUT2D eigenvalue weighted by atomic mass is 35.5. The van der Waals surface area contributed by atoms with Gasteiger partial charge in [0.05, 0.1) is 0 Å². The van der Waals surface area contributed by atoms with E-state index in [9.17, 15) is 0 Å². The molecule has 1 aromatic heterocycles. The molecule has 1 heterocycles. The normalized spacial score (nSPS) is 11.1. The molecule has 0 unspecified atom stereocenters. The van der Waals surface area contributed by atoms with Crippen LogP contribution in [0.4, 0.5) is 0 Å². The summed E-state index contributed by atoms with van der Waals surface area (Å²) in [7, 11) is 0. The summed E-state index contributed by atoms with van der Waals surface area (Å²) in [6.07, 6.45) is 2.16. The van der Waals surface area contributed by atoms with Crippen molar-refractivity contribution in [3.8, 4) is 0 Å². The maximum absolute atomic E-state index is 5.94. The Labute approximate surface area is 130 Å². The van der Waals surface area contributed by atoms with Crippen LogP contribution in [0.5, 0.6) is 0 Å². The van der Waals surface area contributed by atoms with Gasteiger partial charge in [0.25, 0.3) is 0 Å². The molecule has 3 aromatic rings. The molecule has 3 heteroatoms. The summed E-state index contributed by atoms with van der Waals surface area (Å²) in [5.74, 6) is 0. The SMILES string of the molecule is CCNCc1cccc2c1ccn2Cc1ccc(Cl)cc1. The Bertz CT molecular complexity index is 729. The molecule has 3 rings (SSSR count). The number of hydrogen-bond acceptors (Lipinski definition) is 1. The molecular formula is C18H19ClN2. The summed E-state index contributed by atoms with van der Waals surface area (Å²) in [6.45, 7) is 4.90. The van der Waals surface area contributed by atoms with Gasteiger partial charge >= 0.3 is 0 Å². The summed E-state index contributed by atoms with van der Waals surface area (Å²) in [5.41, 5.74) is 3.89. The van der Waals surface area contributed by atoms with Gasteiger partial charge < -0.3 is 9.88 Å². The van der Waals surface area contributed by atoms with Crippen molar-refractivity contribution in [1.29, 1.82) is 0 Å². The highest BCUT2D eigenvalue weighted by molar-refractivity contribution is 6.30. The van der Waals surface area contributed by atoms with Crippen LogP contribution in [0.2, 0.25) is 5.02 Å². The van der Waals surface area contributed by atoms with E-state index in [-0.39, 0.29) is 0 Å². The zero-order valence-corrected chi connectivity index (χ0v) is 12.9. The molecular weight excluding hydrogens is 280 g/mol. The van der Waals surface area contributed by atoms with Crippen LogP contribution in [0.15, 0.2) is 54.7 Å². The largest absolute Gasteiger partial charge is 0.343 e. The number of fused-ring (bicyclic) bond motifs is 1. The Morgan fingerprint density at radius 2 is 1.86 bits per heavy atom. The van der Waals surface area contributed by atoms with Crippen LogP contribution in [0.3, 0.4) is 0 Å². The Kier molecular flexibility index (Phi) is 4.28. The van der Waals surface area contributed by atoms with E-state index in [0.29, 0.717) is 0 Å². The van der Waals surface area contributed by atoms with Gasteiger partial charge in [-0.25, -0.2) is 0 Å². The standard InChI is InChI=1S/C18H19ClN2/c1-2-20-12-15-4-3-5-18-17(15)10-11-21(18)13-14-6-8-16(19)9-7-14/h3-11,20H,2,12-13H2,1H3. The van der Waals surface area contributed by atoms with E-state index < -0.39 is 0 Å². The molecule has 0 saturated carbocycles. The van der Waals surface area contributed by atoms with Crippen molar-refractivity contribution in [2.45, 2.75) is 20.0 Å². The van der Waals surface area contributed by atoms with Crippen molar-refractivity contribution in [2.75, 3.05) is 6.54 Å². The fourth-order valence-electron chi connectivity index (χ4n) is 2.63. The van der Waals surface area contributed by atoms with Crippen LogP contribution in [0.1, 0.15) is 18.1 Å².